The highest BCUT2D eigenvalue weighted by Gasteiger charge is 2.29. The average molecular weight is 223 g/mol. The third-order valence-corrected chi connectivity index (χ3v) is 2.75. The average Bonchev–Trinajstić information content (AvgIpc) is 2.18. The standard InChI is InChI=1S/C11H13NO4/c1-7-2-3-8(12(14)15)4-11(7)16-10-5-9(13)6-10/h2-4,9-10,13H,5-6H2,1H3. The molecule has 1 N–H and O–H groups in total. The van der Waals surface area contributed by atoms with Gasteiger partial charge in [-0.25, -0.2) is 0 Å². The molecule has 5 nitrogen and oxygen atoms in total. The third kappa shape index (κ3) is 2.14. The predicted molar refractivity (Wildman–Crippen MR) is 57.5 cm³/mol. The largest absolute Gasteiger partial charge is 0.490 e. The van der Waals surface area contributed by atoms with Crippen molar-refractivity contribution in [3.63, 3.8) is 0 Å². The van der Waals surface area contributed by atoms with Crippen LogP contribution in [0.25, 0.3) is 0 Å². The number of rotatable bonds is 3. The zero-order valence-electron chi connectivity index (χ0n) is 8.92. The Morgan fingerprint density at radius 2 is 2.19 bits per heavy atom. The first-order chi connectivity index (χ1) is 7.56. The van der Waals surface area contributed by atoms with Crippen molar-refractivity contribution in [1.29, 1.82) is 0 Å². The minimum atomic E-state index is -0.443. The quantitative estimate of drug-likeness (QED) is 0.626. The Bertz CT molecular complexity index is 412. The molecule has 16 heavy (non-hydrogen) atoms. The van der Waals surface area contributed by atoms with Crippen LogP contribution in [0.1, 0.15) is 18.4 Å². The zero-order valence-corrected chi connectivity index (χ0v) is 8.92. The van der Waals surface area contributed by atoms with Gasteiger partial charge in [-0.1, -0.05) is 0 Å². The van der Waals surface area contributed by atoms with Crippen molar-refractivity contribution in [3.05, 3.63) is 33.9 Å². The summed E-state index contributed by atoms with van der Waals surface area (Å²) in [6, 6.07) is 4.56. The van der Waals surface area contributed by atoms with Gasteiger partial charge in [0.25, 0.3) is 5.69 Å². The van der Waals surface area contributed by atoms with E-state index in [0.29, 0.717) is 18.6 Å². The highest BCUT2D eigenvalue weighted by molar-refractivity contribution is 5.43. The summed E-state index contributed by atoms with van der Waals surface area (Å²) in [4.78, 5) is 10.2. The summed E-state index contributed by atoms with van der Waals surface area (Å²) in [6.07, 6.45) is 0.893. The van der Waals surface area contributed by atoms with Gasteiger partial charge in [-0.15, -0.1) is 0 Å². The smallest absolute Gasteiger partial charge is 0.273 e. The van der Waals surface area contributed by atoms with Crippen molar-refractivity contribution in [1.82, 2.24) is 0 Å². The van der Waals surface area contributed by atoms with E-state index in [4.69, 9.17) is 9.84 Å². The van der Waals surface area contributed by atoms with Crippen molar-refractivity contribution in [2.24, 2.45) is 0 Å². The maximum Gasteiger partial charge on any atom is 0.273 e. The number of hydrogen-bond acceptors (Lipinski definition) is 4. The van der Waals surface area contributed by atoms with Crippen molar-refractivity contribution in [3.8, 4) is 5.75 Å². The number of aliphatic hydroxyl groups excluding tert-OH is 1. The highest BCUT2D eigenvalue weighted by Crippen LogP contribution is 2.30. The topological polar surface area (TPSA) is 72.6 Å². The van der Waals surface area contributed by atoms with Crippen LogP contribution in [0.5, 0.6) is 5.75 Å². The minimum Gasteiger partial charge on any atom is -0.490 e. The van der Waals surface area contributed by atoms with Gasteiger partial charge in [-0.2, -0.15) is 0 Å². The molecule has 0 aliphatic heterocycles. The van der Waals surface area contributed by atoms with E-state index >= 15 is 0 Å². The Hall–Kier alpha value is -1.62. The lowest BCUT2D eigenvalue weighted by atomic mass is 9.92. The molecular formula is C11H13NO4. The van der Waals surface area contributed by atoms with Crippen molar-refractivity contribution in [2.45, 2.75) is 32.0 Å². The van der Waals surface area contributed by atoms with Crippen LogP contribution in [-0.2, 0) is 0 Å². The summed E-state index contributed by atoms with van der Waals surface area (Å²) >= 11 is 0. The number of benzene rings is 1. The highest BCUT2D eigenvalue weighted by atomic mass is 16.6. The van der Waals surface area contributed by atoms with Gasteiger partial charge in [0.1, 0.15) is 11.9 Å². The van der Waals surface area contributed by atoms with Crippen molar-refractivity contribution >= 4 is 5.69 Å². The lowest BCUT2D eigenvalue weighted by Gasteiger charge is -2.32. The van der Waals surface area contributed by atoms with E-state index in [9.17, 15) is 10.1 Å². The van der Waals surface area contributed by atoms with E-state index in [1.807, 2.05) is 6.92 Å². The Morgan fingerprint density at radius 3 is 2.75 bits per heavy atom. The van der Waals surface area contributed by atoms with Gasteiger partial charge in [0, 0.05) is 18.9 Å². The molecule has 0 radical (unpaired) electrons. The Labute approximate surface area is 92.8 Å². The van der Waals surface area contributed by atoms with Crippen LogP contribution in [0.3, 0.4) is 0 Å². The van der Waals surface area contributed by atoms with Crippen LogP contribution >= 0.6 is 0 Å². The van der Waals surface area contributed by atoms with E-state index < -0.39 is 4.92 Å². The van der Waals surface area contributed by atoms with E-state index in [0.717, 1.165) is 5.56 Å². The maximum absolute atomic E-state index is 10.6. The van der Waals surface area contributed by atoms with Crippen molar-refractivity contribution in [2.75, 3.05) is 0 Å². The van der Waals surface area contributed by atoms with Crippen LogP contribution in [0.15, 0.2) is 18.2 Å². The number of aryl methyl sites for hydroxylation is 1. The number of non-ortho nitro benzene ring substituents is 1. The van der Waals surface area contributed by atoms with Crippen molar-refractivity contribution < 1.29 is 14.8 Å². The second-order valence-corrected chi connectivity index (χ2v) is 4.07. The molecule has 1 aromatic rings. The summed E-state index contributed by atoms with van der Waals surface area (Å²) in [7, 11) is 0. The van der Waals surface area contributed by atoms with Crippen LogP contribution in [0.4, 0.5) is 5.69 Å². The first-order valence-corrected chi connectivity index (χ1v) is 5.16. The van der Waals surface area contributed by atoms with Gasteiger partial charge >= 0.3 is 0 Å². The van der Waals surface area contributed by atoms with Crippen LogP contribution in [-0.4, -0.2) is 22.2 Å². The molecule has 5 heteroatoms. The molecule has 0 atom stereocenters. The van der Waals surface area contributed by atoms with E-state index in [2.05, 4.69) is 0 Å². The fourth-order valence-electron chi connectivity index (χ4n) is 1.64. The molecule has 0 saturated heterocycles. The van der Waals surface area contributed by atoms with Gasteiger partial charge < -0.3 is 9.84 Å². The number of nitro benzene ring substituents is 1. The first-order valence-electron chi connectivity index (χ1n) is 5.16. The molecule has 86 valence electrons. The van der Waals surface area contributed by atoms with Gasteiger partial charge in [0.05, 0.1) is 17.1 Å². The van der Waals surface area contributed by atoms with E-state index in [1.54, 1.807) is 6.07 Å². The molecular weight excluding hydrogens is 210 g/mol. The molecule has 0 aromatic heterocycles. The second-order valence-electron chi connectivity index (χ2n) is 4.07. The molecule has 2 rings (SSSR count). The third-order valence-electron chi connectivity index (χ3n) is 2.75. The lowest BCUT2D eigenvalue weighted by molar-refractivity contribution is -0.385. The van der Waals surface area contributed by atoms with Gasteiger partial charge in [-0.05, 0) is 18.6 Å². The Morgan fingerprint density at radius 1 is 1.50 bits per heavy atom. The molecule has 1 aliphatic carbocycles. The fraction of sp³-hybridized carbons (Fsp3) is 0.455. The summed E-state index contributed by atoms with van der Waals surface area (Å²) in [6.45, 7) is 1.84. The molecule has 0 spiro atoms. The van der Waals surface area contributed by atoms with Gasteiger partial charge in [-0.3, -0.25) is 10.1 Å². The summed E-state index contributed by atoms with van der Waals surface area (Å²) < 4.78 is 5.58. The minimum absolute atomic E-state index is 0.0179. The monoisotopic (exact) mass is 223 g/mol. The maximum atomic E-state index is 10.6. The molecule has 0 bridgehead atoms. The van der Waals surface area contributed by atoms with Gasteiger partial charge in [0.2, 0.25) is 0 Å². The Kier molecular flexibility index (Phi) is 2.78. The molecule has 0 amide bonds. The zero-order chi connectivity index (χ0) is 11.7. The number of nitro groups is 1. The predicted octanol–water partition coefficient (Wildman–Crippen LogP) is 1.81. The molecule has 1 saturated carbocycles. The van der Waals surface area contributed by atoms with Crippen LogP contribution in [0.2, 0.25) is 0 Å². The molecule has 1 aromatic carbocycles. The number of aliphatic hydroxyl groups is 1. The molecule has 1 aliphatic rings. The summed E-state index contributed by atoms with van der Waals surface area (Å²) in [5, 5.41) is 19.7. The van der Waals surface area contributed by atoms with Crippen LogP contribution in [0, 0.1) is 17.0 Å². The molecule has 0 unspecified atom stereocenters. The van der Waals surface area contributed by atoms with Crippen LogP contribution < -0.4 is 4.74 Å². The number of nitrogens with zero attached hydrogens (tertiary/aromatic N) is 1. The summed E-state index contributed by atoms with van der Waals surface area (Å²) in [5.74, 6) is 0.533. The summed E-state index contributed by atoms with van der Waals surface area (Å²) in [5.41, 5.74) is 0.896. The second kappa shape index (κ2) is 4.09. The molecule has 1 fully saturated rings. The Balaban J connectivity index is 2.12. The fourth-order valence-corrected chi connectivity index (χ4v) is 1.64. The number of hydrogen-bond donors (Lipinski definition) is 1. The first kappa shape index (κ1) is 10.9. The SMILES string of the molecule is Cc1ccc([N+](=O)[O-])cc1OC1CC(O)C1. The van der Waals surface area contributed by atoms with E-state index in [1.165, 1.54) is 12.1 Å². The lowest BCUT2D eigenvalue weighted by Crippen LogP contribution is -2.37. The molecule has 0 heterocycles. The van der Waals surface area contributed by atoms with E-state index in [-0.39, 0.29) is 17.9 Å². The normalized spacial score (nSPS) is 23.6. The van der Waals surface area contributed by atoms with Gasteiger partial charge in [0.15, 0.2) is 0 Å². The number of ether oxygens (including phenoxy) is 1.